The second-order valence-electron chi connectivity index (χ2n) is 2.58. The van der Waals surface area contributed by atoms with Gasteiger partial charge in [0.2, 0.25) is 0 Å². The van der Waals surface area contributed by atoms with Gasteiger partial charge in [-0.3, -0.25) is 10.3 Å². The van der Waals surface area contributed by atoms with E-state index in [0.717, 1.165) is 6.54 Å². The molecule has 0 fully saturated rings. The minimum atomic E-state index is 0.319. The molecule has 0 atom stereocenters. The maximum Gasteiger partial charge on any atom is 0.136 e. The third-order valence-electron chi connectivity index (χ3n) is 1.45. The summed E-state index contributed by atoms with van der Waals surface area (Å²) in [6.07, 6.45) is 0. The molecule has 0 aliphatic heterocycles. The maximum absolute atomic E-state index is 7.44. The molecule has 0 heterocycles. The molecule has 0 spiro atoms. The number of amidine groups is 2. The predicted octanol–water partition coefficient (Wildman–Crippen LogP) is -0.141. The van der Waals surface area contributed by atoms with Crippen LogP contribution >= 0.6 is 0 Å². The van der Waals surface area contributed by atoms with Gasteiger partial charge in [-0.05, 0) is 13.6 Å². The van der Waals surface area contributed by atoms with Gasteiger partial charge >= 0.3 is 0 Å². The van der Waals surface area contributed by atoms with Crippen molar-refractivity contribution in [2.24, 2.45) is 10.7 Å². The smallest absolute Gasteiger partial charge is 0.136 e. The third kappa shape index (κ3) is 5.30. The Labute approximate surface area is 81.8 Å². The van der Waals surface area contributed by atoms with E-state index in [2.05, 4.69) is 21.3 Å². The number of likely N-dealkylation sites (N-methyl/N-ethyl adjacent to an activating group) is 1. The monoisotopic (exact) mass is 182 g/mol. The van der Waals surface area contributed by atoms with Gasteiger partial charge in [-0.15, -0.1) is 0 Å². The van der Waals surface area contributed by atoms with Crippen LogP contribution in [0, 0.1) is 5.41 Å². The molecule has 0 saturated carbocycles. The Morgan fingerprint density at radius 3 is 2.67 bits per heavy atom. The number of nitrogens with zero attached hydrogens (tertiary/aromatic N) is 2. The van der Waals surface area contributed by atoms with E-state index in [0.29, 0.717) is 23.5 Å². The highest BCUT2D eigenvalue weighted by molar-refractivity contribution is 6.21. The molecule has 0 rings (SSSR count). The van der Waals surface area contributed by atoms with Crippen LogP contribution in [0.3, 0.4) is 0 Å². The molecule has 0 aromatic heterocycles. The van der Waals surface area contributed by atoms with Gasteiger partial charge in [0, 0.05) is 0 Å². The van der Waals surface area contributed by atoms with Crippen LogP contribution in [-0.2, 0) is 0 Å². The lowest BCUT2D eigenvalue weighted by Gasteiger charge is -2.11. The summed E-state index contributed by atoms with van der Waals surface area (Å²) in [5.41, 5.74) is 5.46. The summed E-state index contributed by atoms with van der Waals surface area (Å²) in [5, 5.41) is 8.06. The van der Waals surface area contributed by atoms with E-state index in [1.165, 1.54) is 0 Å². The van der Waals surface area contributed by atoms with Gasteiger partial charge in [0.25, 0.3) is 0 Å². The Bertz CT molecular complexity index is 178. The summed E-state index contributed by atoms with van der Waals surface area (Å²) in [4.78, 5) is 5.90. The number of hydrogen-bond donors (Lipinski definition) is 2. The van der Waals surface area contributed by atoms with Crippen molar-refractivity contribution in [1.82, 2.24) is 4.90 Å². The molecule has 3 N–H and O–H groups in total. The molecule has 0 unspecified atom stereocenters. The quantitative estimate of drug-likeness (QED) is 0.361. The lowest BCUT2D eigenvalue weighted by Crippen LogP contribution is -2.25. The SMILES string of the molecule is CCN(C)CC(=N)N=C(N)[CH2][Al]. The molecule has 0 aromatic rings. The van der Waals surface area contributed by atoms with E-state index in [-0.39, 0.29) is 0 Å². The van der Waals surface area contributed by atoms with Crippen molar-refractivity contribution in [2.45, 2.75) is 12.2 Å². The highest BCUT2D eigenvalue weighted by Gasteiger charge is 1.98. The van der Waals surface area contributed by atoms with Crippen molar-refractivity contribution < 1.29 is 0 Å². The predicted molar refractivity (Wildman–Crippen MR) is 53.1 cm³/mol. The van der Waals surface area contributed by atoms with Crippen LogP contribution in [0.15, 0.2) is 4.99 Å². The van der Waals surface area contributed by atoms with Gasteiger partial charge in [-0.1, -0.05) is 12.2 Å². The summed E-state index contributed by atoms with van der Waals surface area (Å²) in [6, 6.07) is 0. The van der Waals surface area contributed by atoms with Crippen molar-refractivity contribution in [2.75, 3.05) is 20.1 Å². The van der Waals surface area contributed by atoms with Gasteiger partial charge < -0.3 is 5.73 Å². The Morgan fingerprint density at radius 2 is 2.25 bits per heavy atom. The average molecular weight is 182 g/mol. The van der Waals surface area contributed by atoms with E-state index in [4.69, 9.17) is 11.1 Å². The zero-order chi connectivity index (χ0) is 9.56. The lowest BCUT2D eigenvalue weighted by atomic mass is 10.5. The van der Waals surface area contributed by atoms with Crippen molar-refractivity contribution in [3.05, 3.63) is 0 Å². The first kappa shape index (κ1) is 11.6. The molecule has 0 aromatic carbocycles. The zero-order valence-electron chi connectivity index (χ0n) is 7.67. The topological polar surface area (TPSA) is 65.5 Å². The van der Waals surface area contributed by atoms with Crippen molar-refractivity contribution in [3.63, 3.8) is 0 Å². The van der Waals surface area contributed by atoms with Gasteiger partial charge in [0.1, 0.15) is 22.1 Å². The van der Waals surface area contributed by atoms with Crippen LogP contribution < -0.4 is 5.73 Å². The number of nitrogens with one attached hydrogen (secondary N) is 1. The van der Waals surface area contributed by atoms with Gasteiger partial charge in [0.15, 0.2) is 0 Å². The third-order valence-corrected chi connectivity index (χ3v) is 1.87. The minimum Gasteiger partial charge on any atom is -0.388 e. The molecule has 0 aliphatic carbocycles. The summed E-state index contributed by atoms with van der Waals surface area (Å²) >= 11 is 2.47. The fourth-order valence-electron chi connectivity index (χ4n) is 0.622. The van der Waals surface area contributed by atoms with Crippen molar-refractivity contribution >= 4 is 28.0 Å². The van der Waals surface area contributed by atoms with Crippen LogP contribution in [0.1, 0.15) is 6.92 Å². The van der Waals surface area contributed by atoms with Crippen LogP contribution in [-0.4, -0.2) is 53.0 Å². The highest BCUT2D eigenvalue weighted by Crippen LogP contribution is 1.85. The summed E-state index contributed by atoms with van der Waals surface area (Å²) in [7, 11) is 1.95. The van der Waals surface area contributed by atoms with E-state index < -0.39 is 0 Å². The maximum atomic E-state index is 7.44. The van der Waals surface area contributed by atoms with Crippen LogP contribution in [0.5, 0.6) is 0 Å². The molecule has 0 amide bonds. The molecule has 66 valence electrons. The summed E-state index contributed by atoms with van der Waals surface area (Å²) in [6.45, 7) is 3.51. The summed E-state index contributed by atoms with van der Waals surface area (Å²) in [5.74, 6) is 0.814. The van der Waals surface area contributed by atoms with Crippen LogP contribution in [0.4, 0.5) is 0 Å². The lowest BCUT2D eigenvalue weighted by molar-refractivity contribution is 0.402. The van der Waals surface area contributed by atoms with E-state index in [9.17, 15) is 0 Å². The van der Waals surface area contributed by atoms with Crippen molar-refractivity contribution in [1.29, 1.82) is 5.41 Å². The van der Waals surface area contributed by atoms with E-state index in [1.807, 2.05) is 18.9 Å². The normalized spacial score (nSPS) is 12.1. The first-order chi connectivity index (χ1) is 5.60. The average Bonchev–Trinajstić information content (AvgIpc) is 2.03. The van der Waals surface area contributed by atoms with E-state index in [1.54, 1.807) is 0 Å². The zero-order valence-corrected chi connectivity index (χ0v) is 8.83. The molecule has 2 radical (unpaired) electrons. The second kappa shape index (κ2) is 6.18. The Kier molecular flexibility index (Phi) is 5.99. The molecule has 0 saturated heterocycles. The first-order valence-corrected chi connectivity index (χ1v) is 4.70. The fraction of sp³-hybridized carbons (Fsp3) is 0.714. The van der Waals surface area contributed by atoms with Gasteiger partial charge in [-0.25, -0.2) is 4.99 Å². The second-order valence-corrected chi connectivity index (χ2v) is 2.99. The molecule has 0 bridgehead atoms. The van der Waals surface area contributed by atoms with Gasteiger partial charge in [0.05, 0.1) is 12.4 Å². The van der Waals surface area contributed by atoms with Crippen LogP contribution in [0.2, 0.25) is 5.28 Å². The molecule has 5 heteroatoms. The summed E-state index contributed by atoms with van der Waals surface area (Å²) < 4.78 is 0. The number of aliphatic imine (C=N–C) groups is 1. The first-order valence-electron chi connectivity index (χ1n) is 3.89. The number of rotatable bonds is 4. The largest absolute Gasteiger partial charge is 0.388 e. The minimum absolute atomic E-state index is 0.319. The fourth-order valence-corrected chi connectivity index (χ4v) is 0.713. The Morgan fingerprint density at radius 1 is 1.67 bits per heavy atom. The van der Waals surface area contributed by atoms with Gasteiger partial charge in [-0.2, -0.15) is 0 Å². The van der Waals surface area contributed by atoms with Crippen molar-refractivity contribution in [3.8, 4) is 0 Å². The number of hydrogen-bond acceptors (Lipinski definition) is 2. The Hall–Kier alpha value is -0.368. The molecular weight excluding hydrogens is 167 g/mol. The van der Waals surface area contributed by atoms with Crippen LogP contribution in [0.25, 0.3) is 0 Å². The molecule has 12 heavy (non-hydrogen) atoms. The highest BCUT2D eigenvalue weighted by atomic mass is 27.0. The molecule has 4 nitrogen and oxygen atoms in total. The molecule has 0 aliphatic rings. The standard InChI is InChI=1S/C7H15N4.Al/c1-4-11(3)5-7(9)10-6(2)8;/h2,4-5H2,1,3H3,(H3,8,9,10);. The molecular formula is C7H15AlN4. The van der Waals surface area contributed by atoms with E-state index >= 15 is 0 Å². The number of nitrogens with two attached hydrogens (primary N) is 1. The Balaban J connectivity index is 3.89.